The topological polar surface area (TPSA) is 101 Å². The van der Waals surface area contributed by atoms with Gasteiger partial charge < -0.3 is 4.74 Å². The number of hydrogen-bond donors (Lipinski definition) is 1. The van der Waals surface area contributed by atoms with E-state index >= 15 is 0 Å². The maximum atomic E-state index is 13.3. The summed E-state index contributed by atoms with van der Waals surface area (Å²) in [6, 6.07) is 14.6. The molecule has 11 heteroatoms. The molecule has 2 aromatic carbocycles. The molecule has 32 heavy (non-hydrogen) atoms. The minimum absolute atomic E-state index is 0.0934. The number of ether oxygens (including phenoxy) is 1. The smallest absolute Gasteiger partial charge is 0.264 e. The summed E-state index contributed by atoms with van der Waals surface area (Å²) >= 11 is 2.82. The molecule has 3 rings (SSSR count). The van der Waals surface area contributed by atoms with Gasteiger partial charge in [0.1, 0.15) is 12.3 Å². The summed E-state index contributed by atoms with van der Waals surface area (Å²) in [4.78, 5) is 12.9. The number of hydrogen-bond acceptors (Lipinski definition) is 8. The number of carbonyl (C=O) groups is 1. The van der Waals surface area contributed by atoms with Crippen LogP contribution in [0.5, 0.6) is 5.75 Å². The molecule has 8 nitrogen and oxygen atoms in total. The van der Waals surface area contributed by atoms with E-state index in [9.17, 15) is 13.2 Å². The van der Waals surface area contributed by atoms with E-state index in [-0.39, 0.29) is 4.90 Å². The summed E-state index contributed by atoms with van der Waals surface area (Å²) in [5, 5.41) is 11.0. The monoisotopic (exact) mass is 492 g/mol. The first-order valence-electron chi connectivity index (χ1n) is 10.0. The maximum absolute atomic E-state index is 13.3. The predicted molar refractivity (Wildman–Crippen MR) is 128 cm³/mol. The molecule has 0 radical (unpaired) electrons. The predicted octanol–water partition coefficient (Wildman–Crippen LogP) is 4.27. The molecule has 0 aliphatic carbocycles. The normalized spacial score (nSPS) is 11.2. The molecule has 0 saturated heterocycles. The zero-order valence-corrected chi connectivity index (χ0v) is 20.2. The number of aromatic nitrogens is 2. The van der Waals surface area contributed by atoms with Crippen LogP contribution in [0.15, 0.2) is 63.8 Å². The third kappa shape index (κ3) is 6.21. The van der Waals surface area contributed by atoms with E-state index in [0.717, 1.165) is 20.8 Å². The highest BCUT2D eigenvalue weighted by Crippen LogP contribution is 2.28. The number of carbonyl (C=O) groups excluding carboxylic acids is 1. The van der Waals surface area contributed by atoms with Crippen LogP contribution in [0.2, 0.25) is 0 Å². The van der Waals surface area contributed by atoms with Gasteiger partial charge in [-0.2, -0.15) is 0 Å². The summed E-state index contributed by atoms with van der Waals surface area (Å²) < 4.78 is 33.9. The number of rotatable bonds is 11. The van der Waals surface area contributed by atoms with Crippen LogP contribution in [0, 0.1) is 0 Å². The third-order valence-electron chi connectivity index (χ3n) is 4.14. The zero-order valence-electron chi connectivity index (χ0n) is 17.7. The zero-order chi connectivity index (χ0) is 23.0. The van der Waals surface area contributed by atoms with Crippen LogP contribution in [0.4, 0.5) is 10.8 Å². The first-order valence-corrected chi connectivity index (χ1v) is 13.2. The molecule has 0 aliphatic heterocycles. The number of amides is 1. The second-order valence-corrected chi connectivity index (χ2v) is 10.7. The number of anilines is 2. The van der Waals surface area contributed by atoms with Crippen LogP contribution in [0.1, 0.15) is 20.3 Å². The van der Waals surface area contributed by atoms with E-state index in [0.29, 0.717) is 23.2 Å². The Bertz CT molecular complexity index is 1120. The fraction of sp³-hybridized carbons (Fsp3) is 0.286. The fourth-order valence-corrected chi connectivity index (χ4v) is 5.84. The molecule has 1 N–H and O–H groups in total. The lowest BCUT2D eigenvalue weighted by Crippen LogP contribution is -2.38. The van der Waals surface area contributed by atoms with Crippen LogP contribution in [0.25, 0.3) is 0 Å². The Kier molecular flexibility index (Phi) is 8.48. The average molecular weight is 493 g/mol. The first-order chi connectivity index (χ1) is 15.4. The maximum Gasteiger partial charge on any atom is 0.264 e. The molecule has 1 aromatic heterocycles. The molecule has 3 aromatic rings. The molecule has 0 atom stereocenters. The van der Waals surface area contributed by atoms with Crippen molar-refractivity contribution in [1.82, 2.24) is 10.2 Å². The van der Waals surface area contributed by atoms with Crippen molar-refractivity contribution in [3.8, 4) is 5.75 Å². The van der Waals surface area contributed by atoms with E-state index in [2.05, 4.69) is 22.4 Å². The van der Waals surface area contributed by atoms with Crippen LogP contribution < -0.4 is 14.4 Å². The lowest BCUT2D eigenvalue weighted by atomic mass is 10.3. The Labute approximate surface area is 196 Å². The van der Waals surface area contributed by atoms with E-state index in [1.807, 2.05) is 6.92 Å². The van der Waals surface area contributed by atoms with Crippen LogP contribution in [0.3, 0.4) is 0 Å². The van der Waals surface area contributed by atoms with Gasteiger partial charge in [0, 0.05) is 5.75 Å². The Morgan fingerprint density at radius 2 is 1.81 bits per heavy atom. The van der Waals surface area contributed by atoms with Crippen molar-refractivity contribution in [2.45, 2.75) is 29.5 Å². The van der Waals surface area contributed by atoms with Crippen molar-refractivity contribution in [3.05, 3.63) is 54.6 Å². The van der Waals surface area contributed by atoms with Crippen molar-refractivity contribution in [1.29, 1.82) is 0 Å². The van der Waals surface area contributed by atoms with Crippen molar-refractivity contribution >= 4 is 49.8 Å². The molecule has 0 bridgehead atoms. The molecule has 0 fully saturated rings. The summed E-state index contributed by atoms with van der Waals surface area (Å²) in [7, 11) is -3.98. The van der Waals surface area contributed by atoms with E-state index in [1.54, 1.807) is 54.2 Å². The molecule has 0 saturated carbocycles. The highest BCUT2D eigenvalue weighted by Gasteiger charge is 2.27. The molecule has 1 heterocycles. The highest BCUT2D eigenvalue weighted by atomic mass is 32.2. The Morgan fingerprint density at radius 3 is 2.47 bits per heavy atom. The number of thioether (sulfide) groups is 1. The van der Waals surface area contributed by atoms with Gasteiger partial charge in [-0.1, -0.05) is 48.2 Å². The minimum Gasteiger partial charge on any atom is -0.494 e. The number of nitrogens with one attached hydrogen (secondary N) is 1. The van der Waals surface area contributed by atoms with Crippen molar-refractivity contribution in [2.75, 3.05) is 28.5 Å². The molecule has 1 amide bonds. The van der Waals surface area contributed by atoms with E-state index < -0.39 is 22.5 Å². The Morgan fingerprint density at radius 1 is 1.09 bits per heavy atom. The quantitative estimate of drug-likeness (QED) is 0.315. The molecular weight excluding hydrogens is 468 g/mol. The minimum atomic E-state index is -3.98. The van der Waals surface area contributed by atoms with Gasteiger partial charge in [-0.15, -0.1) is 10.2 Å². The van der Waals surface area contributed by atoms with Gasteiger partial charge in [-0.3, -0.25) is 14.4 Å². The number of benzene rings is 2. The molecule has 170 valence electrons. The summed E-state index contributed by atoms with van der Waals surface area (Å²) in [6.07, 6.45) is 1.00. The molecular formula is C21H24N4O4S3. The van der Waals surface area contributed by atoms with Crippen molar-refractivity contribution < 1.29 is 17.9 Å². The summed E-state index contributed by atoms with van der Waals surface area (Å²) in [6.45, 7) is 4.01. The SMILES string of the molecule is CCCSc1nnc(NC(=O)CN(c2ccc(OCC)cc2)S(=O)(=O)c2ccccc2)s1. The molecule has 0 spiro atoms. The third-order valence-corrected chi connectivity index (χ3v) is 8.10. The highest BCUT2D eigenvalue weighted by molar-refractivity contribution is 8.01. The van der Waals surface area contributed by atoms with Gasteiger partial charge >= 0.3 is 0 Å². The fourth-order valence-electron chi connectivity index (χ4n) is 2.71. The number of sulfonamides is 1. The molecule has 0 aliphatic rings. The van der Waals surface area contributed by atoms with Gasteiger partial charge in [-0.25, -0.2) is 8.42 Å². The van der Waals surface area contributed by atoms with E-state index in [4.69, 9.17) is 4.74 Å². The lowest BCUT2D eigenvalue weighted by Gasteiger charge is -2.24. The summed E-state index contributed by atoms with van der Waals surface area (Å²) in [5.74, 6) is 1.01. The molecule has 0 unspecified atom stereocenters. The first kappa shape index (κ1) is 24.0. The average Bonchev–Trinajstić information content (AvgIpc) is 3.24. The van der Waals surface area contributed by atoms with E-state index in [1.165, 1.54) is 23.5 Å². The van der Waals surface area contributed by atoms with Gasteiger partial charge in [0.25, 0.3) is 10.0 Å². The van der Waals surface area contributed by atoms with Gasteiger partial charge in [0.05, 0.1) is 17.2 Å². The van der Waals surface area contributed by atoms with Crippen LogP contribution >= 0.6 is 23.1 Å². The summed E-state index contributed by atoms with van der Waals surface area (Å²) in [5.41, 5.74) is 0.351. The van der Waals surface area contributed by atoms with Crippen LogP contribution in [-0.2, 0) is 14.8 Å². The Hall–Kier alpha value is -2.63. The standard InChI is InChI=1S/C21H24N4O4S3/c1-3-14-30-21-24-23-20(31-21)22-19(26)15-25(16-10-12-17(13-11-16)29-4-2)32(27,28)18-8-6-5-7-9-18/h5-13H,3-4,14-15H2,1-2H3,(H,22,23,26). The van der Waals surface area contributed by atoms with Crippen LogP contribution in [-0.4, -0.2) is 43.4 Å². The van der Waals surface area contributed by atoms with Crippen molar-refractivity contribution in [2.24, 2.45) is 0 Å². The second-order valence-electron chi connectivity index (χ2n) is 6.52. The second kappa shape index (κ2) is 11.3. The van der Waals surface area contributed by atoms with Gasteiger partial charge in [0.2, 0.25) is 11.0 Å². The number of nitrogens with zero attached hydrogens (tertiary/aromatic N) is 3. The van der Waals surface area contributed by atoms with Gasteiger partial charge in [0.15, 0.2) is 4.34 Å². The van der Waals surface area contributed by atoms with Crippen molar-refractivity contribution in [3.63, 3.8) is 0 Å². The van der Waals surface area contributed by atoms with Gasteiger partial charge in [-0.05, 0) is 49.7 Å². The Balaban J connectivity index is 1.83. The lowest BCUT2D eigenvalue weighted by molar-refractivity contribution is -0.114. The largest absolute Gasteiger partial charge is 0.494 e.